The number of aliphatic hydroxyl groups excluding tert-OH is 4. The zero-order valence-corrected chi connectivity index (χ0v) is 15.5. The Morgan fingerprint density at radius 3 is 2.33 bits per heavy atom. The molecule has 0 radical (unpaired) electrons. The molecule has 1 aromatic heterocycles. The summed E-state index contributed by atoms with van der Waals surface area (Å²) in [4.78, 5) is 12.6. The van der Waals surface area contributed by atoms with Crippen molar-refractivity contribution >= 4 is 11.0 Å². The van der Waals surface area contributed by atoms with E-state index in [9.17, 15) is 35.4 Å². The topological polar surface area (TPSA) is 161 Å². The minimum atomic E-state index is -1.67. The highest BCUT2D eigenvalue weighted by Gasteiger charge is 2.47. The molecule has 9 heteroatoms. The molecule has 1 fully saturated rings. The Bertz CT molecular complexity index is 1120. The number of hydrogen-bond donors (Lipinski definition) is 6. The van der Waals surface area contributed by atoms with Gasteiger partial charge in [-0.3, -0.25) is 4.79 Å². The molecular formula is C21H20O9. The Balaban J connectivity index is 1.86. The lowest BCUT2D eigenvalue weighted by atomic mass is 9.96. The molecule has 30 heavy (non-hydrogen) atoms. The van der Waals surface area contributed by atoms with E-state index in [0.29, 0.717) is 5.56 Å². The normalized spacial score (nSPS) is 24.9. The summed E-state index contributed by atoms with van der Waals surface area (Å²) in [6, 6.07) is 9.68. The second-order valence-corrected chi connectivity index (χ2v) is 7.14. The van der Waals surface area contributed by atoms with Crippen LogP contribution in [0.25, 0.3) is 22.3 Å². The summed E-state index contributed by atoms with van der Waals surface area (Å²) < 4.78 is 11.2. The highest BCUT2D eigenvalue weighted by Crippen LogP contribution is 2.39. The third-order valence-corrected chi connectivity index (χ3v) is 5.25. The van der Waals surface area contributed by atoms with Crippen molar-refractivity contribution in [3.8, 4) is 22.8 Å². The van der Waals surface area contributed by atoms with Crippen molar-refractivity contribution in [1.29, 1.82) is 0 Å². The lowest BCUT2D eigenvalue weighted by molar-refractivity contribution is -0.0762. The van der Waals surface area contributed by atoms with Crippen LogP contribution in [-0.4, -0.2) is 61.7 Å². The molecule has 1 saturated heterocycles. The first-order chi connectivity index (χ1) is 14.3. The molecule has 2 heterocycles. The molecule has 0 saturated carbocycles. The van der Waals surface area contributed by atoms with Crippen molar-refractivity contribution in [3.63, 3.8) is 0 Å². The molecule has 158 valence electrons. The summed E-state index contributed by atoms with van der Waals surface area (Å²) in [7, 11) is 0. The van der Waals surface area contributed by atoms with Gasteiger partial charge < -0.3 is 39.8 Å². The van der Waals surface area contributed by atoms with E-state index < -0.39 is 48.3 Å². The van der Waals surface area contributed by atoms with Gasteiger partial charge in [0.1, 0.15) is 53.4 Å². The largest absolute Gasteiger partial charge is 0.508 e. The van der Waals surface area contributed by atoms with E-state index in [1.54, 1.807) is 0 Å². The molecule has 1 aliphatic rings. The van der Waals surface area contributed by atoms with Crippen LogP contribution in [0.5, 0.6) is 11.5 Å². The molecule has 1 aliphatic heterocycles. The average Bonchev–Trinajstić information content (AvgIpc) is 3.02. The van der Waals surface area contributed by atoms with Crippen LogP contribution in [0.2, 0.25) is 0 Å². The molecule has 0 spiro atoms. The van der Waals surface area contributed by atoms with Crippen LogP contribution in [0.15, 0.2) is 51.7 Å². The number of benzene rings is 2. The van der Waals surface area contributed by atoms with E-state index in [0.717, 1.165) is 0 Å². The fourth-order valence-electron chi connectivity index (χ4n) is 3.64. The monoisotopic (exact) mass is 416 g/mol. The van der Waals surface area contributed by atoms with Crippen LogP contribution in [0, 0.1) is 0 Å². The molecule has 6 N–H and O–H groups in total. The number of aliphatic hydroxyl groups is 4. The Morgan fingerprint density at radius 1 is 1.00 bits per heavy atom. The van der Waals surface area contributed by atoms with Crippen molar-refractivity contribution in [1.82, 2.24) is 0 Å². The van der Waals surface area contributed by atoms with Crippen molar-refractivity contribution < 1.29 is 39.8 Å². The van der Waals surface area contributed by atoms with Crippen LogP contribution < -0.4 is 5.43 Å². The summed E-state index contributed by atoms with van der Waals surface area (Å²) in [5.41, 5.74) is -0.270. The van der Waals surface area contributed by atoms with Gasteiger partial charge in [0, 0.05) is 11.6 Å². The molecule has 2 aromatic carbocycles. The summed E-state index contributed by atoms with van der Waals surface area (Å²) in [5.74, 6) is -0.244. The second-order valence-electron chi connectivity index (χ2n) is 7.14. The Kier molecular flexibility index (Phi) is 5.22. The maximum absolute atomic E-state index is 12.6. The van der Waals surface area contributed by atoms with E-state index in [4.69, 9.17) is 9.15 Å². The summed E-state index contributed by atoms with van der Waals surface area (Å²) >= 11 is 0. The lowest BCUT2D eigenvalue weighted by Gasteiger charge is -2.23. The first kappa shape index (κ1) is 20.3. The molecule has 0 bridgehead atoms. The fraction of sp³-hybridized carbons (Fsp3) is 0.286. The SMILES string of the molecule is O=c1cc(-c2ccc(O)cc2)oc2c([C@@H](O)[C@H]3O[C@H](CO)[C@@H](O)[C@@H]3O)c(O)ccc12. The van der Waals surface area contributed by atoms with Gasteiger partial charge in [-0.1, -0.05) is 0 Å². The van der Waals surface area contributed by atoms with Crippen molar-refractivity contribution in [2.24, 2.45) is 0 Å². The molecule has 0 aliphatic carbocycles. The second kappa shape index (κ2) is 7.71. The third-order valence-electron chi connectivity index (χ3n) is 5.25. The Morgan fingerprint density at radius 2 is 1.70 bits per heavy atom. The van der Waals surface area contributed by atoms with Gasteiger partial charge in [-0.05, 0) is 36.4 Å². The van der Waals surface area contributed by atoms with Crippen LogP contribution in [0.4, 0.5) is 0 Å². The smallest absolute Gasteiger partial charge is 0.193 e. The number of phenols is 2. The van der Waals surface area contributed by atoms with Gasteiger partial charge in [0.05, 0.1) is 17.6 Å². The molecular weight excluding hydrogens is 396 g/mol. The number of hydrogen-bond acceptors (Lipinski definition) is 9. The quantitative estimate of drug-likeness (QED) is 0.353. The number of phenolic OH excluding ortho intramolecular Hbond substituents is 2. The van der Waals surface area contributed by atoms with Crippen LogP contribution in [-0.2, 0) is 4.74 Å². The van der Waals surface area contributed by atoms with E-state index in [1.807, 2.05) is 0 Å². The molecule has 0 amide bonds. The van der Waals surface area contributed by atoms with Gasteiger partial charge in [0.15, 0.2) is 5.43 Å². The van der Waals surface area contributed by atoms with E-state index in [-0.39, 0.29) is 28.0 Å². The molecule has 3 aromatic rings. The van der Waals surface area contributed by atoms with Crippen LogP contribution in [0.3, 0.4) is 0 Å². The van der Waals surface area contributed by atoms with Crippen molar-refractivity contribution in [3.05, 3.63) is 58.3 Å². The predicted molar refractivity (Wildman–Crippen MR) is 104 cm³/mol. The third kappa shape index (κ3) is 3.32. The maximum Gasteiger partial charge on any atom is 0.193 e. The number of ether oxygens (including phenoxy) is 1. The predicted octanol–water partition coefficient (Wildman–Crippen LogP) is 0.386. The minimum absolute atomic E-state index is 0.0278. The van der Waals surface area contributed by atoms with Gasteiger partial charge in [0.25, 0.3) is 0 Å². The van der Waals surface area contributed by atoms with Gasteiger partial charge in [-0.2, -0.15) is 0 Å². The van der Waals surface area contributed by atoms with Crippen molar-refractivity contribution in [2.75, 3.05) is 6.61 Å². The highest BCUT2D eigenvalue weighted by molar-refractivity contribution is 5.84. The lowest BCUT2D eigenvalue weighted by Crippen LogP contribution is -2.36. The number of fused-ring (bicyclic) bond motifs is 1. The van der Waals surface area contributed by atoms with Gasteiger partial charge in [-0.15, -0.1) is 0 Å². The Hall–Kier alpha value is -2.95. The van der Waals surface area contributed by atoms with Crippen LogP contribution >= 0.6 is 0 Å². The average molecular weight is 416 g/mol. The van der Waals surface area contributed by atoms with Gasteiger partial charge >= 0.3 is 0 Å². The highest BCUT2D eigenvalue weighted by atomic mass is 16.6. The number of rotatable bonds is 4. The minimum Gasteiger partial charge on any atom is -0.508 e. The van der Waals surface area contributed by atoms with Gasteiger partial charge in [-0.25, -0.2) is 0 Å². The maximum atomic E-state index is 12.6. The Labute approximate surface area is 169 Å². The zero-order chi connectivity index (χ0) is 21.6. The summed E-state index contributed by atoms with van der Waals surface area (Å²) in [6.07, 6.45) is -7.15. The first-order valence-corrected chi connectivity index (χ1v) is 9.21. The molecule has 9 nitrogen and oxygen atoms in total. The van der Waals surface area contributed by atoms with E-state index in [2.05, 4.69) is 0 Å². The zero-order valence-electron chi connectivity index (χ0n) is 15.5. The first-order valence-electron chi connectivity index (χ1n) is 9.21. The van der Waals surface area contributed by atoms with Crippen molar-refractivity contribution in [2.45, 2.75) is 30.5 Å². The fourth-order valence-corrected chi connectivity index (χ4v) is 3.64. The molecule has 5 atom stereocenters. The molecule has 4 rings (SSSR count). The van der Waals surface area contributed by atoms with E-state index >= 15 is 0 Å². The summed E-state index contributed by atoms with van der Waals surface area (Å²) in [6.45, 7) is -0.580. The van der Waals surface area contributed by atoms with Crippen LogP contribution in [0.1, 0.15) is 11.7 Å². The van der Waals surface area contributed by atoms with Gasteiger partial charge in [0.2, 0.25) is 0 Å². The summed E-state index contributed by atoms with van der Waals surface area (Å²) in [5, 5.41) is 60.2. The standard InChI is InChI=1S/C21H20O9/c22-8-15-17(26)19(28)21(30-15)18(27)16-12(24)6-5-11-13(25)7-14(29-20(11)16)9-1-3-10(23)4-2-9/h1-7,15,17-19,21-24,26-28H,8H2/t15-,17-,18-,19+,21-/m1/s1. The number of aromatic hydroxyl groups is 2. The molecule has 0 unspecified atom stereocenters. The van der Waals surface area contributed by atoms with E-state index in [1.165, 1.54) is 42.5 Å².